The summed E-state index contributed by atoms with van der Waals surface area (Å²) in [7, 11) is 3.91. The highest BCUT2D eigenvalue weighted by molar-refractivity contribution is 8.77. The van der Waals surface area contributed by atoms with E-state index in [1.807, 2.05) is 105 Å². The normalized spacial score (nSPS) is 16.3. The Morgan fingerprint density at radius 3 is 0.852 bits per heavy atom. The van der Waals surface area contributed by atoms with E-state index < -0.39 is 152 Å². The molecule has 1 fully saturated rings. The molecular weight excluding hydrogens is 1420 g/mol. The van der Waals surface area contributed by atoms with Gasteiger partial charge in [-0.1, -0.05) is 148 Å². The second-order valence-electron chi connectivity index (χ2n) is 35.0. The molecule has 14 N–H and O–H groups in total. The monoisotopic (exact) mass is 1560 g/mol. The van der Waals surface area contributed by atoms with E-state index in [9.17, 15) is 67.1 Å². The lowest BCUT2D eigenvalue weighted by atomic mass is 9.95. The van der Waals surface area contributed by atoms with Crippen LogP contribution < -0.4 is 74.4 Å². The number of amides is 14. The first-order valence-corrected chi connectivity index (χ1v) is 41.0. The highest BCUT2D eigenvalue weighted by atomic mass is 33.1. The van der Waals surface area contributed by atoms with Crippen molar-refractivity contribution in [3.8, 4) is 0 Å². The molecule has 0 spiro atoms. The number of nitrogens with one attached hydrogen (secondary N) is 14. The molecule has 0 aromatic heterocycles. The molecule has 30 heteroatoms. The van der Waals surface area contributed by atoms with Crippen LogP contribution in [0.1, 0.15) is 250 Å². The van der Waals surface area contributed by atoms with Crippen molar-refractivity contribution in [1.82, 2.24) is 74.4 Å². The van der Waals surface area contributed by atoms with Crippen LogP contribution in [-0.4, -0.2) is 176 Å². The predicted octanol–water partition coefficient (Wildman–Crippen LogP) is 6.01. The van der Waals surface area contributed by atoms with E-state index in [1.54, 1.807) is 38.2 Å². The zero-order valence-corrected chi connectivity index (χ0v) is 71.0. The second-order valence-corrected chi connectivity index (χ2v) is 37.8. The fourth-order valence-electron chi connectivity index (χ4n) is 11.7. The molecule has 0 saturated carbocycles. The van der Waals surface area contributed by atoms with Crippen LogP contribution in [-0.2, 0) is 67.1 Å². The molecule has 1 heterocycles. The van der Waals surface area contributed by atoms with Crippen LogP contribution in [0, 0.1) is 41.4 Å². The summed E-state index contributed by atoms with van der Waals surface area (Å²) < 4.78 is 0. The Morgan fingerprint density at radius 1 is 0.333 bits per heavy atom. The number of hydrogen-bond donors (Lipinski definition) is 14. The first kappa shape index (κ1) is 96.8. The minimum Gasteiger partial charge on any atom is -0.354 e. The van der Waals surface area contributed by atoms with E-state index in [1.165, 1.54) is 94.8 Å². The molecule has 1 aliphatic carbocycles. The van der Waals surface area contributed by atoms with E-state index >= 15 is 0 Å². The number of unbranched alkanes of at least 4 members (excludes halogenated alkanes) is 3. The number of carbonyl (C=O) groups excluding carboxylic acids is 14. The first-order chi connectivity index (χ1) is 49.6. The molecule has 8 atom stereocenters. The second kappa shape index (κ2) is 43.4. The Kier molecular flexibility index (Phi) is 38.9. The smallest absolute Gasteiger partial charge is 0.245 e. The third kappa shape index (κ3) is 33.9. The lowest BCUT2D eigenvalue weighted by Gasteiger charge is -2.34. The van der Waals surface area contributed by atoms with Gasteiger partial charge in [-0.15, -0.1) is 0 Å². The average Bonchev–Trinajstić information content (AvgIpc) is 1.10. The van der Waals surface area contributed by atoms with Crippen LogP contribution in [0.25, 0.3) is 0 Å². The van der Waals surface area contributed by atoms with Gasteiger partial charge in [0.25, 0.3) is 0 Å². The average molecular weight is 1560 g/mol. The zero-order chi connectivity index (χ0) is 82.8. The Balaban J connectivity index is 2.21. The van der Waals surface area contributed by atoms with Gasteiger partial charge in [0.15, 0.2) is 0 Å². The molecular formula is C78H136N14O14S2. The maximum Gasteiger partial charge on any atom is 0.245 e. The van der Waals surface area contributed by atoms with Gasteiger partial charge < -0.3 is 74.4 Å². The SMILES string of the molecule is CC(C)C[C@H](NC(=O)[C@H](C)NC(=O)C1C=CC=C1)C(=O)NC(C)(C)C(=O)N[C@@H](CC(C)C)C(=O)NC(C)(C)C(=O)N[C@@H](CC(C)C)C(=O)NC(C)(C)C(=O)N[C@@H](CC(C)C)C(=O)NC(C)(C)C(=O)N[C@@H](CC(C)C)C(=O)NC(C)(C)C(=O)N[C@@H](CC(C)C)C(=O)NC(C)(C)C(=O)NCCCCCCC1CCSS1. The van der Waals surface area contributed by atoms with Crippen LogP contribution >= 0.6 is 21.6 Å². The van der Waals surface area contributed by atoms with E-state index in [4.69, 9.17) is 0 Å². The van der Waals surface area contributed by atoms with Gasteiger partial charge in [-0.3, -0.25) is 67.1 Å². The van der Waals surface area contributed by atoms with E-state index in [2.05, 4.69) is 74.4 Å². The summed E-state index contributed by atoms with van der Waals surface area (Å²) in [5.41, 5.74) is -9.80. The fourth-order valence-corrected chi connectivity index (χ4v) is 14.8. The van der Waals surface area contributed by atoms with Crippen molar-refractivity contribution in [2.24, 2.45) is 41.4 Å². The summed E-state index contributed by atoms with van der Waals surface area (Å²) in [6.07, 6.45) is 14.0. The molecule has 1 aliphatic heterocycles. The van der Waals surface area contributed by atoms with Crippen LogP contribution in [0.5, 0.6) is 0 Å². The van der Waals surface area contributed by atoms with E-state index in [-0.39, 0.29) is 85.8 Å². The first-order valence-electron chi connectivity index (χ1n) is 38.6. The molecule has 0 aromatic rings. The maximum atomic E-state index is 14.4. The van der Waals surface area contributed by atoms with Crippen molar-refractivity contribution < 1.29 is 67.1 Å². The minimum absolute atomic E-state index is 0.0683. The molecule has 614 valence electrons. The summed E-state index contributed by atoms with van der Waals surface area (Å²) in [5, 5.41) is 39.2. The van der Waals surface area contributed by atoms with Gasteiger partial charge >= 0.3 is 0 Å². The molecule has 0 radical (unpaired) electrons. The van der Waals surface area contributed by atoms with Crippen molar-refractivity contribution >= 4 is 104 Å². The van der Waals surface area contributed by atoms with Gasteiger partial charge in [0.2, 0.25) is 82.7 Å². The van der Waals surface area contributed by atoms with Crippen molar-refractivity contribution in [3.05, 3.63) is 24.3 Å². The largest absolute Gasteiger partial charge is 0.354 e. The Hall–Kier alpha value is -7.24. The van der Waals surface area contributed by atoms with Crippen LogP contribution in [0.4, 0.5) is 0 Å². The quantitative estimate of drug-likeness (QED) is 0.0245. The summed E-state index contributed by atoms with van der Waals surface area (Å²) in [6, 6.07) is -8.19. The molecule has 1 unspecified atom stereocenters. The van der Waals surface area contributed by atoms with E-state index in [0.717, 1.165) is 30.9 Å². The fraction of sp³-hybridized carbons (Fsp3) is 0.769. The van der Waals surface area contributed by atoms with Crippen LogP contribution in [0.2, 0.25) is 0 Å². The maximum absolute atomic E-state index is 14.4. The lowest BCUT2D eigenvalue weighted by Crippen LogP contribution is -2.66. The highest BCUT2D eigenvalue weighted by Crippen LogP contribution is 2.40. The molecule has 0 aromatic carbocycles. The molecule has 108 heavy (non-hydrogen) atoms. The Bertz CT molecular complexity index is 3160. The van der Waals surface area contributed by atoms with Gasteiger partial charge in [0.1, 0.15) is 75.5 Å². The standard InChI is InChI=1S/C78H136N14O14S2/c1-44(2)38-53(81-59(93)50(13)80-60(94)51-32-29-30-33-51)61(95)88-74(16,17)68(102)83-55(40-46(5)6)63(97)90-76(20,21)70(104)85-57(42-48(9)10)65(99)92-78(24,25)72(106)86-58(43-49(11)12)66(100)91-77(22,23)71(105)84-56(41-47(7)8)64(98)89-75(18,19)69(103)82-54(39-45(3)4)62(96)87-73(14,15)67(101)79-36-31-27-26-28-34-52-35-37-107-108-52/h29-30,32-33,44-58H,26-28,31,34-43H2,1-25H3,(H,79,101)(H,80,94)(H,81,93)(H,82,103)(H,83,102)(H,84,105)(H,85,104)(H,86,106)(H,87,96)(H,88,95)(H,89,98)(H,90,97)(H,91,100)(H,92,99)/t50-,52?,53-,54-,55-,56-,57-,58-/m0/s1. The predicted molar refractivity (Wildman–Crippen MR) is 426 cm³/mol. The van der Waals surface area contributed by atoms with E-state index in [0.29, 0.717) is 6.54 Å². The number of rotatable bonds is 46. The van der Waals surface area contributed by atoms with Gasteiger partial charge in [-0.2, -0.15) is 0 Å². The Morgan fingerprint density at radius 2 is 0.593 bits per heavy atom. The van der Waals surface area contributed by atoms with Crippen LogP contribution in [0.15, 0.2) is 24.3 Å². The van der Waals surface area contributed by atoms with Gasteiger partial charge in [0, 0.05) is 17.5 Å². The Labute approximate surface area is 651 Å². The van der Waals surface area contributed by atoms with Crippen molar-refractivity contribution in [1.29, 1.82) is 0 Å². The number of carbonyl (C=O) groups is 14. The molecule has 1 saturated heterocycles. The number of hydrogen-bond acceptors (Lipinski definition) is 16. The topological polar surface area (TPSA) is 407 Å². The third-order valence-electron chi connectivity index (χ3n) is 18.3. The van der Waals surface area contributed by atoms with Crippen molar-refractivity contribution in [2.75, 3.05) is 12.3 Å². The van der Waals surface area contributed by atoms with Crippen molar-refractivity contribution in [2.45, 2.75) is 331 Å². The third-order valence-corrected chi connectivity index (χ3v) is 21.3. The summed E-state index contributed by atoms with van der Waals surface area (Å²) >= 11 is 0. The molecule has 2 rings (SSSR count). The lowest BCUT2D eigenvalue weighted by molar-refractivity contribution is -0.140. The van der Waals surface area contributed by atoms with Crippen LogP contribution in [0.3, 0.4) is 0 Å². The van der Waals surface area contributed by atoms with Crippen molar-refractivity contribution in [3.63, 3.8) is 0 Å². The molecule has 14 amide bonds. The number of allylic oxidation sites excluding steroid dienone is 2. The van der Waals surface area contributed by atoms with Gasteiger partial charge in [-0.25, -0.2) is 0 Å². The molecule has 28 nitrogen and oxygen atoms in total. The van der Waals surface area contributed by atoms with Gasteiger partial charge in [0.05, 0.1) is 5.92 Å². The van der Waals surface area contributed by atoms with Gasteiger partial charge in [-0.05, 0) is 183 Å². The minimum atomic E-state index is -1.74. The summed E-state index contributed by atoms with van der Waals surface area (Å²) in [5.74, 6) is -9.67. The molecule has 2 aliphatic rings. The zero-order valence-electron chi connectivity index (χ0n) is 69.4. The summed E-state index contributed by atoms with van der Waals surface area (Å²) in [6.45, 7) is 41.5. The highest BCUT2D eigenvalue weighted by Gasteiger charge is 2.44. The summed E-state index contributed by atoms with van der Waals surface area (Å²) in [4.78, 5) is 196. The molecule has 0 bridgehead atoms.